The average molecular weight is 261 g/mol. The zero-order chi connectivity index (χ0) is 13.5. The summed E-state index contributed by atoms with van der Waals surface area (Å²) in [5, 5.41) is 6.31. The van der Waals surface area contributed by atoms with E-state index in [0.717, 1.165) is 38.2 Å². The Kier molecular flexibility index (Phi) is 5.36. The number of para-hydroxylation sites is 1. The average Bonchev–Trinajstić information content (AvgIpc) is 2.93. The third-order valence-corrected chi connectivity index (χ3v) is 3.47. The Labute approximate surface area is 115 Å². The number of rotatable bonds is 6. The fourth-order valence-electron chi connectivity index (χ4n) is 2.54. The summed E-state index contributed by atoms with van der Waals surface area (Å²) in [5.74, 6) is 0.0755. The number of amides is 1. The molecule has 104 valence electrons. The number of benzene rings is 1. The van der Waals surface area contributed by atoms with Gasteiger partial charge in [-0.05, 0) is 38.1 Å². The minimum atomic E-state index is 0.0755. The topological polar surface area (TPSA) is 44.4 Å². The van der Waals surface area contributed by atoms with Crippen molar-refractivity contribution in [2.45, 2.75) is 25.8 Å². The Bertz CT molecular complexity index is 388. The van der Waals surface area contributed by atoms with Crippen LogP contribution < -0.4 is 10.6 Å². The lowest BCUT2D eigenvalue weighted by Crippen LogP contribution is -2.42. The summed E-state index contributed by atoms with van der Waals surface area (Å²) >= 11 is 0. The second-order valence-electron chi connectivity index (χ2n) is 5.03. The zero-order valence-corrected chi connectivity index (χ0v) is 11.6. The van der Waals surface area contributed by atoms with Gasteiger partial charge in [0.25, 0.3) is 0 Å². The molecular formula is C15H23N3O. The van der Waals surface area contributed by atoms with Gasteiger partial charge in [-0.1, -0.05) is 25.1 Å². The maximum atomic E-state index is 12.1. The second kappa shape index (κ2) is 7.26. The predicted octanol–water partition coefficient (Wildman–Crippen LogP) is 1.70. The number of hydrogen-bond acceptors (Lipinski definition) is 3. The normalized spacial score (nSPS) is 18.7. The van der Waals surface area contributed by atoms with Crippen molar-refractivity contribution < 1.29 is 4.79 Å². The van der Waals surface area contributed by atoms with E-state index >= 15 is 0 Å². The van der Waals surface area contributed by atoms with Gasteiger partial charge in [0.2, 0.25) is 5.91 Å². The molecule has 1 aromatic carbocycles. The van der Waals surface area contributed by atoms with E-state index in [1.165, 1.54) is 0 Å². The Hall–Kier alpha value is -1.39. The lowest BCUT2D eigenvalue weighted by atomic mass is 10.2. The van der Waals surface area contributed by atoms with E-state index in [1.54, 1.807) is 0 Å². The largest absolute Gasteiger partial charge is 0.325 e. The molecule has 1 fully saturated rings. The van der Waals surface area contributed by atoms with E-state index in [4.69, 9.17) is 0 Å². The van der Waals surface area contributed by atoms with Gasteiger partial charge in [-0.15, -0.1) is 0 Å². The maximum Gasteiger partial charge on any atom is 0.238 e. The van der Waals surface area contributed by atoms with Gasteiger partial charge in [-0.2, -0.15) is 0 Å². The molecule has 1 aromatic rings. The van der Waals surface area contributed by atoms with E-state index in [1.807, 2.05) is 30.3 Å². The Morgan fingerprint density at radius 2 is 2.21 bits per heavy atom. The molecule has 1 aliphatic rings. The molecule has 2 N–H and O–H groups in total. The van der Waals surface area contributed by atoms with Crippen molar-refractivity contribution in [1.82, 2.24) is 10.2 Å². The molecule has 1 aliphatic heterocycles. The first-order chi connectivity index (χ1) is 9.29. The molecule has 0 spiro atoms. The maximum absolute atomic E-state index is 12.1. The van der Waals surface area contributed by atoms with Crippen LogP contribution in [0.5, 0.6) is 0 Å². The molecular weight excluding hydrogens is 238 g/mol. The van der Waals surface area contributed by atoms with Crippen LogP contribution in [-0.2, 0) is 4.79 Å². The van der Waals surface area contributed by atoms with E-state index in [9.17, 15) is 4.79 Å². The van der Waals surface area contributed by atoms with Gasteiger partial charge < -0.3 is 10.6 Å². The van der Waals surface area contributed by atoms with Crippen LogP contribution in [0.3, 0.4) is 0 Å². The summed E-state index contributed by atoms with van der Waals surface area (Å²) in [7, 11) is 0. The smallest absolute Gasteiger partial charge is 0.238 e. The molecule has 4 heteroatoms. The van der Waals surface area contributed by atoms with Crippen LogP contribution in [0.4, 0.5) is 5.69 Å². The second-order valence-corrected chi connectivity index (χ2v) is 5.03. The van der Waals surface area contributed by atoms with Gasteiger partial charge in [0.15, 0.2) is 0 Å². The van der Waals surface area contributed by atoms with Crippen LogP contribution in [0.25, 0.3) is 0 Å². The first kappa shape index (κ1) is 14.0. The molecule has 0 saturated carbocycles. The highest BCUT2D eigenvalue weighted by molar-refractivity contribution is 5.92. The van der Waals surface area contributed by atoms with E-state index < -0.39 is 0 Å². The number of nitrogens with zero attached hydrogens (tertiary/aromatic N) is 1. The van der Waals surface area contributed by atoms with Crippen LogP contribution in [0.15, 0.2) is 30.3 Å². The van der Waals surface area contributed by atoms with E-state index in [0.29, 0.717) is 12.6 Å². The van der Waals surface area contributed by atoms with Crippen molar-refractivity contribution in [3.8, 4) is 0 Å². The molecule has 0 bridgehead atoms. The van der Waals surface area contributed by atoms with Gasteiger partial charge in [-0.25, -0.2) is 0 Å². The summed E-state index contributed by atoms with van der Waals surface area (Å²) < 4.78 is 0. The minimum absolute atomic E-state index is 0.0755. The highest BCUT2D eigenvalue weighted by Gasteiger charge is 2.23. The van der Waals surface area contributed by atoms with Crippen LogP contribution >= 0.6 is 0 Å². The molecule has 1 saturated heterocycles. The van der Waals surface area contributed by atoms with Crippen molar-refractivity contribution >= 4 is 11.6 Å². The molecule has 0 aromatic heterocycles. The lowest BCUT2D eigenvalue weighted by Gasteiger charge is -2.27. The molecule has 2 rings (SSSR count). The van der Waals surface area contributed by atoms with Gasteiger partial charge in [-0.3, -0.25) is 9.69 Å². The Morgan fingerprint density at radius 3 is 2.84 bits per heavy atom. The quantitative estimate of drug-likeness (QED) is 0.819. The van der Waals surface area contributed by atoms with E-state index in [-0.39, 0.29) is 5.91 Å². The number of carbonyl (C=O) groups is 1. The number of nitrogens with one attached hydrogen (secondary N) is 2. The van der Waals surface area contributed by atoms with Gasteiger partial charge in [0.05, 0.1) is 6.54 Å². The van der Waals surface area contributed by atoms with Crippen LogP contribution in [0.1, 0.15) is 19.8 Å². The fourth-order valence-corrected chi connectivity index (χ4v) is 2.54. The molecule has 19 heavy (non-hydrogen) atoms. The minimum Gasteiger partial charge on any atom is -0.325 e. The highest BCUT2D eigenvalue weighted by Crippen LogP contribution is 2.10. The highest BCUT2D eigenvalue weighted by atomic mass is 16.2. The Morgan fingerprint density at radius 1 is 1.42 bits per heavy atom. The summed E-state index contributed by atoms with van der Waals surface area (Å²) in [6.07, 6.45) is 2.22. The van der Waals surface area contributed by atoms with Crippen molar-refractivity contribution in [3.05, 3.63) is 30.3 Å². The van der Waals surface area contributed by atoms with E-state index in [2.05, 4.69) is 22.5 Å². The first-order valence-electron chi connectivity index (χ1n) is 7.09. The summed E-state index contributed by atoms with van der Waals surface area (Å²) in [6, 6.07) is 10.1. The fraction of sp³-hybridized carbons (Fsp3) is 0.533. The number of carbonyl (C=O) groups excluding carboxylic acids is 1. The third kappa shape index (κ3) is 4.33. The van der Waals surface area contributed by atoms with Crippen LogP contribution in [0.2, 0.25) is 0 Å². The van der Waals surface area contributed by atoms with Gasteiger partial charge >= 0.3 is 0 Å². The van der Waals surface area contributed by atoms with Crippen molar-refractivity contribution in [1.29, 1.82) is 0 Å². The predicted molar refractivity (Wildman–Crippen MR) is 78.2 cm³/mol. The van der Waals surface area contributed by atoms with Crippen molar-refractivity contribution in [2.75, 3.05) is 31.5 Å². The number of anilines is 1. The monoisotopic (exact) mass is 261 g/mol. The SMILES string of the molecule is CCCN(CC(=O)Nc1ccccc1)C1CCNC1. The molecule has 1 unspecified atom stereocenters. The number of hydrogen-bond donors (Lipinski definition) is 2. The van der Waals surface area contributed by atoms with Crippen LogP contribution in [0, 0.1) is 0 Å². The molecule has 0 aliphatic carbocycles. The molecule has 4 nitrogen and oxygen atoms in total. The molecule has 1 heterocycles. The molecule has 0 radical (unpaired) electrons. The van der Waals surface area contributed by atoms with Crippen LogP contribution in [-0.4, -0.2) is 43.0 Å². The summed E-state index contributed by atoms with van der Waals surface area (Å²) in [6.45, 7) is 5.68. The zero-order valence-electron chi connectivity index (χ0n) is 11.6. The summed E-state index contributed by atoms with van der Waals surface area (Å²) in [5.41, 5.74) is 0.869. The van der Waals surface area contributed by atoms with Gasteiger partial charge in [0.1, 0.15) is 0 Å². The first-order valence-corrected chi connectivity index (χ1v) is 7.09. The lowest BCUT2D eigenvalue weighted by molar-refractivity contribution is -0.117. The summed E-state index contributed by atoms with van der Waals surface area (Å²) in [4.78, 5) is 14.4. The Balaban J connectivity index is 1.87. The molecule has 1 atom stereocenters. The van der Waals surface area contributed by atoms with Crippen molar-refractivity contribution in [2.24, 2.45) is 0 Å². The third-order valence-electron chi connectivity index (χ3n) is 3.47. The molecule has 1 amide bonds. The van der Waals surface area contributed by atoms with Crippen molar-refractivity contribution in [3.63, 3.8) is 0 Å². The standard InChI is InChI=1S/C15H23N3O/c1-2-10-18(14-8-9-16-11-14)12-15(19)17-13-6-4-3-5-7-13/h3-7,14,16H,2,8-12H2,1H3,(H,17,19). The van der Waals surface area contributed by atoms with Gasteiger partial charge in [0, 0.05) is 18.3 Å².